The number of carbonyl (C=O) groups excluding carboxylic acids is 2. The fourth-order valence-electron chi connectivity index (χ4n) is 3.07. The van der Waals surface area contributed by atoms with E-state index in [4.69, 9.17) is 14.2 Å². The van der Waals surface area contributed by atoms with Crippen molar-refractivity contribution < 1.29 is 23.8 Å². The molecule has 0 aliphatic rings. The van der Waals surface area contributed by atoms with Crippen LogP contribution in [0.25, 0.3) is 0 Å². The first-order chi connectivity index (χ1) is 15.0. The molecule has 0 aliphatic carbocycles. The molecule has 31 heavy (non-hydrogen) atoms. The molecular weight excluding hydrogens is 392 g/mol. The van der Waals surface area contributed by atoms with Crippen molar-refractivity contribution in [3.05, 3.63) is 95.1 Å². The van der Waals surface area contributed by atoms with Crippen LogP contribution in [0.3, 0.4) is 0 Å². The number of benzene rings is 3. The molecule has 0 saturated heterocycles. The summed E-state index contributed by atoms with van der Waals surface area (Å²) in [5.74, 6) is 0.0901. The van der Waals surface area contributed by atoms with Gasteiger partial charge in [0.25, 0.3) is 0 Å². The summed E-state index contributed by atoms with van der Waals surface area (Å²) in [5.41, 5.74) is 2.96. The Bertz CT molecular complexity index is 1030. The Hall–Kier alpha value is -3.60. The number of carbonyl (C=O) groups is 2. The van der Waals surface area contributed by atoms with Gasteiger partial charge < -0.3 is 14.2 Å². The molecule has 0 spiro atoms. The van der Waals surface area contributed by atoms with Crippen molar-refractivity contribution in [1.29, 1.82) is 0 Å². The van der Waals surface area contributed by atoms with Crippen molar-refractivity contribution in [2.24, 2.45) is 0 Å². The maximum Gasteiger partial charge on any atom is 0.338 e. The second-order valence-electron chi connectivity index (χ2n) is 7.10. The van der Waals surface area contributed by atoms with Crippen molar-refractivity contribution in [3.63, 3.8) is 0 Å². The van der Waals surface area contributed by atoms with E-state index in [-0.39, 0.29) is 11.3 Å². The lowest BCUT2D eigenvalue weighted by Gasteiger charge is -2.15. The average Bonchev–Trinajstić information content (AvgIpc) is 2.82. The smallest absolute Gasteiger partial charge is 0.338 e. The molecule has 0 saturated carbocycles. The van der Waals surface area contributed by atoms with Crippen LogP contribution >= 0.6 is 0 Å². The predicted octanol–water partition coefficient (Wildman–Crippen LogP) is 5.26. The lowest BCUT2D eigenvalue weighted by molar-refractivity contribution is 0.0318. The van der Waals surface area contributed by atoms with Crippen molar-refractivity contribution in [3.8, 4) is 11.5 Å². The molecular formula is C26H26O5. The normalized spacial score (nSPS) is 11.5. The summed E-state index contributed by atoms with van der Waals surface area (Å²) >= 11 is 0. The van der Waals surface area contributed by atoms with Crippen LogP contribution in [-0.4, -0.2) is 25.0 Å². The van der Waals surface area contributed by atoms with Gasteiger partial charge in [0, 0.05) is 5.56 Å². The van der Waals surface area contributed by atoms with Gasteiger partial charge in [0.15, 0.2) is 17.6 Å². The molecule has 0 bridgehead atoms. The second kappa shape index (κ2) is 10.4. The molecule has 0 aliphatic heterocycles. The molecule has 5 nitrogen and oxygen atoms in total. The van der Waals surface area contributed by atoms with Crippen LogP contribution in [0.5, 0.6) is 11.5 Å². The van der Waals surface area contributed by atoms with E-state index >= 15 is 0 Å². The summed E-state index contributed by atoms with van der Waals surface area (Å²) in [7, 11) is 1.51. The summed E-state index contributed by atoms with van der Waals surface area (Å²) in [6.45, 7) is 4.00. The Labute approximate surface area is 182 Å². The van der Waals surface area contributed by atoms with Crippen LogP contribution in [0.1, 0.15) is 45.7 Å². The van der Waals surface area contributed by atoms with Gasteiger partial charge in [0.05, 0.1) is 12.7 Å². The molecule has 0 unspecified atom stereocenters. The second-order valence-corrected chi connectivity index (χ2v) is 7.10. The number of aryl methyl sites for hydroxylation is 1. The number of hydrogen-bond donors (Lipinski definition) is 0. The summed E-state index contributed by atoms with van der Waals surface area (Å²) in [4.78, 5) is 25.2. The Morgan fingerprint density at radius 3 is 2.16 bits per heavy atom. The minimum absolute atomic E-state index is 0.245. The van der Waals surface area contributed by atoms with Crippen molar-refractivity contribution >= 4 is 11.8 Å². The molecule has 3 aromatic rings. The average molecular weight is 418 g/mol. The minimum Gasteiger partial charge on any atom is -0.493 e. The fourth-order valence-corrected chi connectivity index (χ4v) is 3.07. The number of hydrogen-bond acceptors (Lipinski definition) is 5. The molecule has 0 aromatic heterocycles. The van der Waals surface area contributed by atoms with Crippen molar-refractivity contribution in [2.75, 3.05) is 7.11 Å². The first kappa shape index (κ1) is 22.1. The highest BCUT2D eigenvalue weighted by molar-refractivity contribution is 6.01. The van der Waals surface area contributed by atoms with E-state index in [1.807, 2.05) is 49.4 Å². The summed E-state index contributed by atoms with van der Waals surface area (Å²) < 4.78 is 16.6. The predicted molar refractivity (Wildman–Crippen MR) is 119 cm³/mol. The van der Waals surface area contributed by atoms with Crippen LogP contribution < -0.4 is 9.47 Å². The summed E-state index contributed by atoms with van der Waals surface area (Å²) in [5, 5.41) is 0. The third kappa shape index (κ3) is 5.72. The Kier molecular flexibility index (Phi) is 7.44. The molecule has 3 rings (SSSR count). The zero-order valence-electron chi connectivity index (χ0n) is 18.0. The molecule has 1 atom stereocenters. The third-order valence-corrected chi connectivity index (χ3v) is 4.94. The van der Waals surface area contributed by atoms with Gasteiger partial charge in [-0.1, -0.05) is 61.5 Å². The van der Waals surface area contributed by atoms with Crippen LogP contribution in [0.4, 0.5) is 0 Å². The van der Waals surface area contributed by atoms with Gasteiger partial charge in [0.2, 0.25) is 5.78 Å². The lowest BCUT2D eigenvalue weighted by atomic mass is 10.0. The Morgan fingerprint density at radius 1 is 0.839 bits per heavy atom. The fraction of sp³-hybridized carbons (Fsp3) is 0.231. The van der Waals surface area contributed by atoms with Gasteiger partial charge in [0.1, 0.15) is 6.61 Å². The molecule has 0 radical (unpaired) electrons. The molecule has 3 aromatic carbocycles. The van der Waals surface area contributed by atoms with E-state index in [1.54, 1.807) is 37.3 Å². The largest absolute Gasteiger partial charge is 0.493 e. The standard InChI is InChI=1S/C26H26O5/c1-4-19-10-12-21(13-11-19)25(27)18(2)31-26(28)22-14-15-23(24(16-22)29-3)30-17-20-8-6-5-7-9-20/h5-16,18H,4,17H2,1-3H3/t18-/m1/s1. The topological polar surface area (TPSA) is 61.8 Å². The maximum atomic E-state index is 12.6. The molecule has 5 heteroatoms. The van der Waals surface area contributed by atoms with Crippen LogP contribution in [-0.2, 0) is 17.8 Å². The maximum absolute atomic E-state index is 12.6. The van der Waals surface area contributed by atoms with Crippen molar-refractivity contribution in [1.82, 2.24) is 0 Å². The zero-order chi connectivity index (χ0) is 22.2. The number of ether oxygens (including phenoxy) is 3. The van der Waals surface area contributed by atoms with Gasteiger partial charge in [-0.3, -0.25) is 4.79 Å². The Morgan fingerprint density at radius 2 is 1.52 bits per heavy atom. The van der Waals surface area contributed by atoms with E-state index in [0.717, 1.165) is 17.5 Å². The van der Waals surface area contributed by atoms with E-state index < -0.39 is 12.1 Å². The number of methoxy groups -OCH3 is 1. The monoisotopic (exact) mass is 418 g/mol. The van der Waals surface area contributed by atoms with Gasteiger partial charge in [-0.05, 0) is 42.7 Å². The highest BCUT2D eigenvalue weighted by atomic mass is 16.5. The number of Topliss-reactive ketones (excluding diaryl/α,β-unsaturated/α-hetero) is 1. The van der Waals surface area contributed by atoms with E-state index in [1.165, 1.54) is 7.11 Å². The summed E-state index contributed by atoms with van der Waals surface area (Å²) in [6.07, 6.45) is -0.00805. The molecule has 0 amide bonds. The highest BCUT2D eigenvalue weighted by Gasteiger charge is 2.21. The quantitative estimate of drug-likeness (QED) is 0.350. The number of ketones is 1. The molecule has 0 heterocycles. The van der Waals surface area contributed by atoms with Crippen LogP contribution in [0, 0.1) is 0 Å². The summed E-state index contributed by atoms with van der Waals surface area (Å²) in [6, 6.07) is 21.9. The van der Waals surface area contributed by atoms with Crippen LogP contribution in [0.15, 0.2) is 72.8 Å². The minimum atomic E-state index is -0.903. The van der Waals surface area contributed by atoms with E-state index in [9.17, 15) is 9.59 Å². The first-order valence-electron chi connectivity index (χ1n) is 10.2. The van der Waals surface area contributed by atoms with Gasteiger partial charge in [-0.2, -0.15) is 0 Å². The molecule has 0 N–H and O–H groups in total. The van der Waals surface area contributed by atoms with Gasteiger partial charge in [-0.15, -0.1) is 0 Å². The Balaban J connectivity index is 1.65. The number of esters is 1. The van der Waals surface area contributed by atoms with Gasteiger partial charge >= 0.3 is 5.97 Å². The molecule has 0 fully saturated rings. The van der Waals surface area contributed by atoms with Crippen LogP contribution in [0.2, 0.25) is 0 Å². The SMILES string of the molecule is CCc1ccc(C(=O)[C@@H](C)OC(=O)c2ccc(OCc3ccccc3)c(OC)c2)cc1. The van der Waals surface area contributed by atoms with E-state index in [2.05, 4.69) is 0 Å². The highest BCUT2D eigenvalue weighted by Crippen LogP contribution is 2.29. The van der Waals surface area contributed by atoms with Crippen molar-refractivity contribution in [2.45, 2.75) is 33.0 Å². The van der Waals surface area contributed by atoms with Gasteiger partial charge in [-0.25, -0.2) is 4.79 Å². The lowest BCUT2D eigenvalue weighted by Crippen LogP contribution is -2.24. The number of rotatable bonds is 9. The van der Waals surface area contributed by atoms with E-state index in [0.29, 0.717) is 23.7 Å². The zero-order valence-corrected chi connectivity index (χ0v) is 18.0. The third-order valence-electron chi connectivity index (χ3n) is 4.94. The molecule has 160 valence electrons. The first-order valence-corrected chi connectivity index (χ1v) is 10.2.